The quantitative estimate of drug-likeness (QED) is 0.793. The molecule has 20 heavy (non-hydrogen) atoms. The lowest BCUT2D eigenvalue weighted by atomic mass is 9.51. The summed E-state index contributed by atoms with van der Waals surface area (Å²) in [4.78, 5) is 16.9. The van der Waals surface area contributed by atoms with Gasteiger partial charge in [0, 0.05) is 15.7 Å². The minimum absolute atomic E-state index is 0.215. The number of carbonyl (C=O) groups excluding carboxylic acids is 1. The van der Waals surface area contributed by atoms with Gasteiger partial charge in [-0.05, 0) is 90.5 Å². The maximum Gasteiger partial charge on any atom is 0.229 e. The van der Waals surface area contributed by atoms with E-state index in [9.17, 15) is 4.79 Å². The number of pyridine rings is 1. The van der Waals surface area contributed by atoms with Gasteiger partial charge in [0.15, 0.2) is 0 Å². The summed E-state index contributed by atoms with van der Waals surface area (Å²) in [6.45, 7) is 0. The zero-order chi connectivity index (χ0) is 13.7. The van der Waals surface area contributed by atoms with E-state index in [2.05, 4.69) is 32.9 Å². The highest BCUT2D eigenvalue weighted by Gasteiger charge is 2.50. The molecule has 0 spiro atoms. The molecule has 0 aromatic carbocycles. The number of hydrogen-bond acceptors (Lipinski definition) is 2. The van der Waals surface area contributed by atoms with E-state index >= 15 is 0 Å². The molecular weight excluding hydrogens is 363 g/mol. The maximum atomic E-state index is 12.6. The van der Waals surface area contributed by atoms with E-state index in [-0.39, 0.29) is 11.8 Å². The van der Waals surface area contributed by atoms with Crippen molar-refractivity contribution in [3.8, 4) is 0 Å². The van der Waals surface area contributed by atoms with Crippen LogP contribution >= 0.6 is 22.6 Å². The standard InChI is InChI=1S/C16H19IN2O/c17-13-1-2-14(18-8-13)19-16(20)15-11-4-9-3-10(6-11)7-12(15)5-9/h1-2,8-12,15H,3-7H2,(H,18,19,20). The lowest BCUT2D eigenvalue weighted by Crippen LogP contribution is -2.49. The number of carbonyl (C=O) groups is 1. The van der Waals surface area contributed by atoms with Crippen LogP contribution in [0.2, 0.25) is 0 Å². The highest BCUT2D eigenvalue weighted by Crippen LogP contribution is 2.56. The fraction of sp³-hybridized carbons (Fsp3) is 0.625. The van der Waals surface area contributed by atoms with Crippen molar-refractivity contribution in [3.63, 3.8) is 0 Å². The second kappa shape index (κ2) is 4.97. The van der Waals surface area contributed by atoms with Gasteiger partial charge in [0.1, 0.15) is 5.82 Å². The van der Waals surface area contributed by atoms with Crippen LogP contribution in [0.1, 0.15) is 32.1 Å². The molecule has 1 heterocycles. The minimum atomic E-state index is 0.215. The van der Waals surface area contributed by atoms with Crippen molar-refractivity contribution in [3.05, 3.63) is 21.9 Å². The second-order valence-corrected chi connectivity index (χ2v) is 8.05. The van der Waals surface area contributed by atoms with Gasteiger partial charge < -0.3 is 5.32 Å². The van der Waals surface area contributed by atoms with Crippen LogP contribution in [0.3, 0.4) is 0 Å². The van der Waals surface area contributed by atoms with Crippen molar-refractivity contribution >= 4 is 34.3 Å². The summed E-state index contributed by atoms with van der Waals surface area (Å²) < 4.78 is 1.09. The van der Waals surface area contributed by atoms with Crippen molar-refractivity contribution in [1.82, 2.24) is 4.98 Å². The fourth-order valence-electron chi connectivity index (χ4n) is 5.01. The van der Waals surface area contributed by atoms with E-state index in [0.717, 1.165) is 15.4 Å². The van der Waals surface area contributed by atoms with E-state index in [1.807, 2.05) is 12.1 Å². The van der Waals surface area contributed by atoms with Gasteiger partial charge in [-0.3, -0.25) is 4.79 Å². The van der Waals surface area contributed by atoms with E-state index < -0.39 is 0 Å². The number of nitrogens with one attached hydrogen (secondary N) is 1. The van der Waals surface area contributed by atoms with Crippen LogP contribution in [-0.4, -0.2) is 10.9 Å². The van der Waals surface area contributed by atoms with Crippen LogP contribution < -0.4 is 5.32 Å². The molecule has 0 aliphatic heterocycles. The Kier molecular flexibility index (Phi) is 3.24. The Morgan fingerprint density at radius 2 is 1.75 bits per heavy atom. The number of aromatic nitrogens is 1. The first-order valence-electron chi connectivity index (χ1n) is 7.61. The monoisotopic (exact) mass is 382 g/mol. The van der Waals surface area contributed by atoms with Gasteiger partial charge in [-0.2, -0.15) is 0 Å². The van der Waals surface area contributed by atoms with Crippen molar-refractivity contribution in [2.75, 3.05) is 5.32 Å². The molecule has 0 saturated heterocycles. The van der Waals surface area contributed by atoms with Crippen LogP contribution in [0.4, 0.5) is 5.82 Å². The van der Waals surface area contributed by atoms with E-state index in [4.69, 9.17) is 0 Å². The number of hydrogen-bond donors (Lipinski definition) is 1. The Hall–Kier alpha value is -0.650. The normalized spacial score (nSPS) is 38.0. The molecule has 4 aliphatic carbocycles. The molecule has 106 valence electrons. The van der Waals surface area contributed by atoms with Crippen LogP contribution in [0.25, 0.3) is 0 Å². The van der Waals surface area contributed by atoms with Crippen molar-refractivity contribution < 1.29 is 4.79 Å². The number of halogens is 1. The first-order valence-corrected chi connectivity index (χ1v) is 8.69. The number of rotatable bonds is 2. The smallest absolute Gasteiger partial charge is 0.229 e. The van der Waals surface area contributed by atoms with Crippen LogP contribution in [-0.2, 0) is 4.79 Å². The van der Waals surface area contributed by atoms with Gasteiger partial charge in [0.2, 0.25) is 5.91 Å². The summed E-state index contributed by atoms with van der Waals surface area (Å²) in [6, 6.07) is 3.88. The topological polar surface area (TPSA) is 42.0 Å². The third-order valence-electron chi connectivity index (χ3n) is 5.51. The van der Waals surface area contributed by atoms with Gasteiger partial charge in [-0.15, -0.1) is 0 Å². The van der Waals surface area contributed by atoms with E-state index in [1.165, 1.54) is 32.1 Å². The predicted molar refractivity (Wildman–Crippen MR) is 86.1 cm³/mol. The largest absolute Gasteiger partial charge is 0.310 e. The summed E-state index contributed by atoms with van der Waals surface area (Å²) in [5.74, 6) is 4.25. The van der Waals surface area contributed by atoms with E-state index in [0.29, 0.717) is 17.7 Å². The van der Waals surface area contributed by atoms with Crippen molar-refractivity contribution in [2.45, 2.75) is 32.1 Å². The molecule has 1 aromatic rings. The van der Waals surface area contributed by atoms with Gasteiger partial charge in [-0.1, -0.05) is 0 Å². The Balaban J connectivity index is 1.50. The molecule has 4 saturated carbocycles. The highest BCUT2D eigenvalue weighted by molar-refractivity contribution is 14.1. The van der Waals surface area contributed by atoms with Gasteiger partial charge in [-0.25, -0.2) is 4.98 Å². The average Bonchev–Trinajstić information content (AvgIpc) is 2.40. The molecule has 5 rings (SSSR count). The Morgan fingerprint density at radius 3 is 2.30 bits per heavy atom. The van der Waals surface area contributed by atoms with Gasteiger partial charge in [0.25, 0.3) is 0 Å². The lowest BCUT2D eigenvalue weighted by Gasteiger charge is -2.53. The second-order valence-electron chi connectivity index (χ2n) is 6.81. The molecule has 0 unspecified atom stereocenters. The Morgan fingerprint density at radius 1 is 1.10 bits per heavy atom. The molecule has 3 nitrogen and oxygen atoms in total. The molecule has 1 amide bonds. The van der Waals surface area contributed by atoms with Gasteiger partial charge in [0.05, 0.1) is 0 Å². The molecule has 1 N–H and O–H groups in total. The Labute approximate surface area is 133 Å². The average molecular weight is 382 g/mol. The van der Waals surface area contributed by atoms with Crippen LogP contribution in [0, 0.1) is 33.2 Å². The molecule has 0 radical (unpaired) electrons. The fourth-order valence-corrected chi connectivity index (χ4v) is 5.33. The SMILES string of the molecule is O=C(Nc1ccc(I)cn1)C1C2CC3CC(C2)CC1C3. The third kappa shape index (κ3) is 2.26. The zero-order valence-corrected chi connectivity index (χ0v) is 13.5. The number of amides is 1. The van der Waals surface area contributed by atoms with Gasteiger partial charge >= 0.3 is 0 Å². The summed E-state index contributed by atoms with van der Waals surface area (Å²) in [5, 5.41) is 3.04. The van der Waals surface area contributed by atoms with Crippen LogP contribution in [0.5, 0.6) is 0 Å². The highest BCUT2D eigenvalue weighted by atomic mass is 127. The first kappa shape index (κ1) is 13.0. The lowest BCUT2D eigenvalue weighted by molar-refractivity contribution is -0.132. The summed E-state index contributed by atoms with van der Waals surface area (Å²) >= 11 is 2.23. The molecule has 4 bridgehead atoms. The number of anilines is 1. The van der Waals surface area contributed by atoms with E-state index in [1.54, 1.807) is 6.20 Å². The summed E-state index contributed by atoms with van der Waals surface area (Å²) in [5.41, 5.74) is 0. The summed E-state index contributed by atoms with van der Waals surface area (Å²) in [7, 11) is 0. The third-order valence-corrected chi connectivity index (χ3v) is 6.15. The molecule has 1 aromatic heterocycles. The maximum absolute atomic E-state index is 12.6. The minimum Gasteiger partial charge on any atom is -0.310 e. The molecule has 4 fully saturated rings. The summed E-state index contributed by atoms with van der Waals surface area (Å²) in [6.07, 6.45) is 8.36. The molecule has 4 heteroatoms. The zero-order valence-electron chi connectivity index (χ0n) is 11.4. The predicted octanol–water partition coefficient (Wildman–Crippen LogP) is 3.70. The number of nitrogens with zero attached hydrogens (tertiary/aromatic N) is 1. The van der Waals surface area contributed by atoms with Crippen LogP contribution in [0.15, 0.2) is 18.3 Å². The molecular formula is C16H19IN2O. The first-order chi connectivity index (χ1) is 9.69. The molecule has 4 aliphatic rings. The van der Waals surface area contributed by atoms with Crippen molar-refractivity contribution in [2.24, 2.45) is 29.6 Å². The Bertz CT molecular complexity index is 500. The van der Waals surface area contributed by atoms with Crippen molar-refractivity contribution in [1.29, 1.82) is 0 Å². The molecule has 0 atom stereocenters.